The van der Waals surface area contributed by atoms with E-state index in [-0.39, 0.29) is 24.0 Å². The first kappa shape index (κ1) is 14.7. The van der Waals surface area contributed by atoms with Crippen LogP contribution in [0.5, 0.6) is 0 Å². The van der Waals surface area contributed by atoms with Crippen LogP contribution in [0.15, 0.2) is 12.3 Å². The van der Waals surface area contributed by atoms with Crippen molar-refractivity contribution in [1.82, 2.24) is 0 Å². The second kappa shape index (κ2) is 7.81. The summed E-state index contributed by atoms with van der Waals surface area (Å²) in [6.07, 6.45) is 2.30. The summed E-state index contributed by atoms with van der Waals surface area (Å²) in [5.41, 5.74) is 0. The van der Waals surface area contributed by atoms with Crippen molar-refractivity contribution in [3.8, 4) is 0 Å². The SMILES string of the molecule is CCOCC=COP(=O)(O)O.[AlH3]. The minimum atomic E-state index is -4.36. The van der Waals surface area contributed by atoms with Crippen molar-refractivity contribution in [3.63, 3.8) is 0 Å². The van der Waals surface area contributed by atoms with Gasteiger partial charge in [-0.2, -0.15) is 0 Å². The van der Waals surface area contributed by atoms with Gasteiger partial charge >= 0.3 is 7.82 Å². The van der Waals surface area contributed by atoms with E-state index in [1.54, 1.807) is 0 Å². The molecule has 0 spiro atoms. The van der Waals surface area contributed by atoms with Crippen LogP contribution in [0.2, 0.25) is 0 Å². The lowest BCUT2D eigenvalue weighted by molar-refractivity contribution is 0.175. The minimum Gasteiger partial charge on any atom is -0.412 e. The normalized spacial score (nSPS) is 11.2. The largest absolute Gasteiger partial charge is 0.524 e. The zero-order valence-corrected chi connectivity index (χ0v) is 7.03. The lowest BCUT2D eigenvalue weighted by Crippen LogP contribution is -1.88. The Morgan fingerprint density at radius 2 is 2.08 bits per heavy atom. The van der Waals surface area contributed by atoms with Crippen LogP contribution in [-0.4, -0.2) is 40.4 Å². The molecule has 12 heavy (non-hydrogen) atoms. The van der Waals surface area contributed by atoms with Gasteiger partial charge in [0.15, 0.2) is 17.4 Å². The van der Waals surface area contributed by atoms with E-state index in [4.69, 9.17) is 14.5 Å². The number of phosphoric ester groups is 1. The fourth-order valence-corrected chi connectivity index (χ4v) is 0.592. The highest BCUT2D eigenvalue weighted by molar-refractivity contribution is 7.46. The molecule has 72 valence electrons. The molecule has 0 aromatic rings. The van der Waals surface area contributed by atoms with Gasteiger partial charge in [0.2, 0.25) is 0 Å². The smallest absolute Gasteiger partial charge is 0.412 e. The molecule has 0 aliphatic heterocycles. The molecule has 7 heteroatoms. The Balaban J connectivity index is 0. The lowest BCUT2D eigenvalue weighted by atomic mass is 10.7. The van der Waals surface area contributed by atoms with Gasteiger partial charge in [0.05, 0.1) is 12.9 Å². The quantitative estimate of drug-likeness (QED) is 0.277. The fraction of sp³-hybridized carbons (Fsp3) is 0.600. The monoisotopic (exact) mass is 212 g/mol. The van der Waals surface area contributed by atoms with Gasteiger partial charge in [-0.1, -0.05) is 0 Å². The predicted octanol–water partition coefficient (Wildman–Crippen LogP) is -0.538. The van der Waals surface area contributed by atoms with Gasteiger partial charge in [-0.15, -0.1) is 0 Å². The fourth-order valence-electron chi connectivity index (χ4n) is 0.347. The summed E-state index contributed by atoms with van der Waals surface area (Å²) >= 11 is 0. The zero-order valence-electron chi connectivity index (χ0n) is 6.14. The number of phosphoric acid groups is 1. The van der Waals surface area contributed by atoms with Crippen molar-refractivity contribution in [2.75, 3.05) is 13.2 Å². The van der Waals surface area contributed by atoms with Gasteiger partial charge in [0.1, 0.15) is 0 Å². The van der Waals surface area contributed by atoms with Crippen LogP contribution in [-0.2, 0) is 13.8 Å². The molecule has 0 saturated carbocycles. The van der Waals surface area contributed by atoms with Crippen molar-refractivity contribution in [2.24, 2.45) is 0 Å². The molecule has 2 N–H and O–H groups in total. The summed E-state index contributed by atoms with van der Waals surface area (Å²) in [7, 11) is -4.36. The molecule has 0 aliphatic rings. The molecule has 0 bridgehead atoms. The third-order valence-electron chi connectivity index (χ3n) is 0.713. The van der Waals surface area contributed by atoms with E-state index in [1.807, 2.05) is 6.92 Å². The Morgan fingerprint density at radius 1 is 1.50 bits per heavy atom. The standard InChI is InChI=1S/C5H11O5P.Al.3H/c1-2-9-4-3-5-10-11(6,7)8;;;;/h3,5H,2,4H2,1H3,(H2,6,7,8);;;;. The maximum absolute atomic E-state index is 10.0. The van der Waals surface area contributed by atoms with Crippen LogP contribution < -0.4 is 0 Å². The molecule has 5 nitrogen and oxygen atoms in total. The zero-order chi connectivity index (χ0) is 8.74. The third-order valence-corrected chi connectivity index (χ3v) is 1.11. The molecule has 0 saturated heterocycles. The Morgan fingerprint density at radius 3 is 2.50 bits per heavy atom. The molecule has 0 aromatic heterocycles. The molecule has 0 aliphatic carbocycles. The van der Waals surface area contributed by atoms with Crippen molar-refractivity contribution in [3.05, 3.63) is 12.3 Å². The van der Waals surface area contributed by atoms with Crippen molar-refractivity contribution >= 4 is 25.2 Å². The van der Waals surface area contributed by atoms with Gasteiger partial charge in [0.25, 0.3) is 0 Å². The molecular weight excluding hydrogens is 198 g/mol. The van der Waals surface area contributed by atoms with E-state index in [2.05, 4.69) is 4.52 Å². The summed E-state index contributed by atoms with van der Waals surface area (Å²) in [4.78, 5) is 16.3. The molecule has 0 fully saturated rings. The molecule has 0 rings (SSSR count). The molecule has 0 heterocycles. The van der Waals surface area contributed by atoms with Crippen LogP contribution in [0.3, 0.4) is 0 Å². The number of rotatable bonds is 5. The Kier molecular flexibility index (Phi) is 9.57. The summed E-state index contributed by atoms with van der Waals surface area (Å²) in [5, 5.41) is 0. The summed E-state index contributed by atoms with van der Waals surface area (Å²) in [6.45, 7) is 2.66. The second-order valence-corrected chi connectivity index (χ2v) is 2.82. The second-order valence-electron chi connectivity index (χ2n) is 1.63. The highest BCUT2D eigenvalue weighted by Crippen LogP contribution is 2.35. The van der Waals surface area contributed by atoms with Crippen molar-refractivity contribution < 1.29 is 23.6 Å². The first-order valence-electron chi connectivity index (χ1n) is 3.03. The van der Waals surface area contributed by atoms with Crippen LogP contribution in [0.4, 0.5) is 0 Å². The summed E-state index contributed by atoms with van der Waals surface area (Å²) in [5.74, 6) is 0. The van der Waals surface area contributed by atoms with E-state index >= 15 is 0 Å². The van der Waals surface area contributed by atoms with Gasteiger partial charge in [0, 0.05) is 6.61 Å². The maximum atomic E-state index is 10.0. The first-order valence-corrected chi connectivity index (χ1v) is 4.56. The minimum absolute atomic E-state index is 0. The average Bonchev–Trinajstić information content (AvgIpc) is 1.85. The summed E-state index contributed by atoms with van der Waals surface area (Å²) in [6, 6.07) is 0. The Bertz CT molecular complexity index is 165. The molecular formula is C5H14AlO5P. The van der Waals surface area contributed by atoms with Gasteiger partial charge < -0.3 is 9.26 Å². The van der Waals surface area contributed by atoms with E-state index in [0.29, 0.717) is 6.61 Å². The third kappa shape index (κ3) is 12.8. The molecule has 0 atom stereocenters. The van der Waals surface area contributed by atoms with Crippen LogP contribution in [0, 0.1) is 0 Å². The van der Waals surface area contributed by atoms with Gasteiger partial charge in [-0.3, -0.25) is 9.79 Å². The first-order chi connectivity index (χ1) is 5.06. The van der Waals surface area contributed by atoms with Crippen molar-refractivity contribution in [1.29, 1.82) is 0 Å². The lowest BCUT2D eigenvalue weighted by Gasteiger charge is -1.99. The van der Waals surface area contributed by atoms with E-state index in [0.717, 1.165) is 6.26 Å². The Labute approximate surface area is 81.7 Å². The predicted molar refractivity (Wildman–Crippen MR) is 48.7 cm³/mol. The molecule has 0 unspecified atom stereocenters. The van der Waals surface area contributed by atoms with Crippen LogP contribution >= 0.6 is 7.82 Å². The average molecular weight is 212 g/mol. The molecule has 0 amide bonds. The number of hydrogen-bond donors (Lipinski definition) is 2. The molecule has 0 radical (unpaired) electrons. The van der Waals surface area contributed by atoms with Gasteiger partial charge in [-0.05, 0) is 13.0 Å². The van der Waals surface area contributed by atoms with Gasteiger partial charge in [-0.25, -0.2) is 4.57 Å². The van der Waals surface area contributed by atoms with E-state index < -0.39 is 7.82 Å². The number of ether oxygens (including phenoxy) is 1. The highest BCUT2D eigenvalue weighted by Gasteiger charge is 2.10. The van der Waals surface area contributed by atoms with Crippen LogP contribution in [0.25, 0.3) is 0 Å². The highest BCUT2D eigenvalue weighted by atomic mass is 31.2. The van der Waals surface area contributed by atoms with Crippen LogP contribution in [0.1, 0.15) is 6.92 Å². The number of hydrogen-bond acceptors (Lipinski definition) is 3. The Hall–Kier alpha value is 0.182. The summed E-state index contributed by atoms with van der Waals surface area (Å²) < 4.78 is 18.9. The maximum Gasteiger partial charge on any atom is 0.524 e. The molecule has 0 aromatic carbocycles. The van der Waals surface area contributed by atoms with Crippen molar-refractivity contribution in [2.45, 2.75) is 6.92 Å². The van der Waals surface area contributed by atoms with E-state index in [1.165, 1.54) is 6.08 Å². The van der Waals surface area contributed by atoms with E-state index in [9.17, 15) is 4.57 Å². The topological polar surface area (TPSA) is 76.0 Å².